The normalized spacial score (nSPS) is 14.9. The van der Waals surface area contributed by atoms with Gasteiger partial charge in [0.15, 0.2) is 0 Å². The van der Waals surface area contributed by atoms with E-state index >= 15 is 0 Å². The maximum absolute atomic E-state index is 10.3. The summed E-state index contributed by atoms with van der Waals surface area (Å²) in [4.78, 5) is 5.02. The predicted molar refractivity (Wildman–Crippen MR) is 139 cm³/mol. The lowest BCUT2D eigenvalue weighted by molar-refractivity contribution is 0.577. The van der Waals surface area contributed by atoms with E-state index in [1.807, 2.05) is 11.3 Å². The molecule has 0 bridgehead atoms. The van der Waals surface area contributed by atoms with Crippen LogP contribution in [0.1, 0.15) is 36.0 Å². The third-order valence-corrected chi connectivity index (χ3v) is 8.25. The molecule has 2 aliphatic rings. The number of hydrogen-bond donors (Lipinski definition) is 0. The van der Waals surface area contributed by atoms with Gasteiger partial charge in [0.1, 0.15) is 6.07 Å². The number of aryl methyl sites for hydroxylation is 1. The molecule has 33 heavy (non-hydrogen) atoms. The van der Waals surface area contributed by atoms with Gasteiger partial charge in [0, 0.05) is 28.4 Å². The lowest BCUT2D eigenvalue weighted by Gasteiger charge is -2.33. The van der Waals surface area contributed by atoms with Gasteiger partial charge in [-0.05, 0) is 78.1 Å². The second kappa shape index (κ2) is 8.54. The third kappa shape index (κ3) is 3.56. The summed E-state index contributed by atoms with van der Waals surface area (Å²) in [5.74, 6) is 0. The molecule has 6 rings (SSSR count). The van der Waals surface area contributed by atoms with Gasteiger partial charge in [0.2, 0.25) is 0 Å². The quantitative estimate of drug-likeness (QED) is 0.322. The lowest BCUT2D eigenvalue weighted by Crippen LogP contribution is -2.30. The highest BCUT2D eigenvalue weighted by atomic mass is 32.1. The molecule has 0 atom stereocenters. The zero-order chi connectivity index (χ0) is 22.2. The van der Waals surface area contributed by atoms with Crippen LogP contribution in [0.4, 0.5) is 5.69 Å². The van der Waals surface area contributed by atoms with E-state index in [4.69, 9.17) is 0 Å². The van der Waals surface area contributed by atoms with Gasteiger partial charge in [-0.2, -0.15) is 5.26 Å². The van der Waals surface area contributed by atoms with Crippen LogP contribution in [0, 0.1) is 11.3 Å². The number of fused-ring (bicyclic) bond motifs is 3. The minimum absolute atomic E-state index is 0.894. The molecule has 0 saturated carbocycles. The fourth-order valence-electron chi connectivity index (χ4n) is 5.47. The zero-order valence-corrected chi connectivity index (χ0v) is 19.5. The van der Waals surface area contributed by atoms with E-state index in [1.54, 1.807) is 0 Å². The van der Waals surface area contributed by atoms with Crippen molar-refractivity contribution in [3.63, 3.8) is 0 Å². The smallest absolute Gasteiger partial charge is 0.102 e. The van der Waals surface area contributed by atoms with E-state index in [9.17, 15) is 5.26 Å². The van der Waals surface area contributed by atoms with E-state index in [2.05, 4.69) is 83.8 Å². The topological polar surface area (TPSA) is 27.0 Å². The molecule has 3 heteroatoms. The molecule has 2 heterocycles. The van der Waals surface area contributed by atoms with Gasteiger partial charge in [0.05, 0.1) is 11.3 Å². The average Bonchev–Trinajstić information content (AvgIpc) is 3.39. The molecule has 0 spiro atoms. The fourth-order valence-corrected chi connectivity index (χ4v) is 6.50. The second-order valence-electron chi connectivity index (χ2n) is 9.02. The summed E-state index contributed by atoms with van der Waals surface area (Å²) in [7, 11) is 0. The van der Waals surface area contributed by atoms with Gasteiger partial charge in [-0.25, -0.2) is 0 Å². The molecule has 3 aromatic carbocycles. The van der Waals surface area contributed by atoms with Crippen molar-refractivity contribution < 1.29 is 0 Å². The van der Waals surface area contributed by atoms with Gasteiger partial charge in [-0.3, -0.25) is 0 Å². The van der Waals surface area contributed by atoms with Gasteiger partial charge in [-0.15, -0.1) is 11.3 Å². The summed E-state index contributed by atoms with van der Waals surface area (Å²) < 4.78 is 0. The summed E-state index contributed by atoms with van der Waals surface area (Å²) in [5.41, 5.74) is 9.77. The Morgan fingerprint density at radius 2 is 1.52 bits per heavy atom. The summed E-state index contributed by atoms with van der Waals surface area (Å²) >= 11 is 1.85. The summed E-state index contributed by atoms with van der Waals surface area (Å²) in [6.07, 6.45) is 5.63. The Morgan fingerprint density at radius 1 is 0.758 bits per heavy atom. The van der Waals surface area contributed by atoms with E-state index < -0.39 is 0 Å². The molecule has 2 nitrogen and oxygen atoms in total. The maximum Gasteiger partial charge on any atom is 0.102 e. The highest BCUT2D eigenvalue weighted by molar-refractivity contribution is 7.18. The van der Waals surface area contributed by atoms with Crippen molar-refractivity contribution in [1.29, 1.82) is 5.26 Å². The lowest BCUT2D eigenvalue weighted by atomic mass is 9.79. The molecule has 0 radical (unpaired) electrons. The van der Waals surface area contributed by atoms with Crippen molar-refractivity contribution in [3.05, 3.63) is 89.5 Å². The van der Waals surface area contributed by atoms with Crippen molar-refractivity contribution in [2.24, 2.45) is 0 Å². The average molecular weight is 447 g/mol. The maximum atomic E-state index is 10.3. The molecular formula is C30H26N2S. The molecular weight excluding hydrogens is 420 g/mol. The number of anilines is 1. The number of piperidine rings is 1. The minimum atomic E-state index is 0.894. The fraction of sp³-hybridized carbons (Fsp3) is 0.233. The van der Waals surface area contributed by atoms with Crippen molar-refractivity contribution in [3.8, 4) is 38.1 Å². The first kappa shape index (κ1) is 20.3. The largest absolute Gasteiger partial charge is 0.370 e. The number of rotatable bonds is 3. The first-order valence-electron chi connectivity index (χ1n) is 11.9. The minimum Gasteiger partial charge on any atom is -0.370 e. The van der Waals surface area contributed by atoms with Crippen molar-refractivity contribution in [1.82, 2.24) is 0 Å². The SMILES string of the molecule is N#Cc1c(N2CCCCC2)cc(-c2ccc(-c3ccccc3)s2)c2c1CCc1ccccc1-2. The standard InChI is InChI=1S/C30H26N2S/c31-20-26-24-14-13-21-9-5-6-12-23(21)30(24)25(19-27(26)32-17-7-2-8-18-32)29-16-15-28(33-29)22-10-3-1-4-11-22/h1,3-6,9-12,15-16,19H,2,7-8,13-14,17-18H2. The second-order valence-corrected chi connectivity index (χ2v) is 10.1. The van der Waals surface area contributed by atoms with Crippen molar-refractivity contribution >= 4 is 17.0 Å². The van der Waals surface area contributed by atoms with Gasteiger partial charge >= 0.3 is 0 Å². The van der Waals surface area contributed by atoms with Crippen LogP contribution < -0.4 is 4.90 Å². The molecule has 1 aliphatic heterocycles. The number of hydrogen-bond acceptors (Lipinski definition) is 3. The van der Waals surface area contributed by atoms with E-state index in [0.29, 0.717) is 0 Å². The van der Waals surface area contributed by atoms with Gasteiger partial charge < -0.3 is 4.90 Å². The van der Waals surface area contributed by atoms with Crippen LogP contribution in [0.15, 0.2) is 72.8 Å². The molecule has 1 fully saturated rings. The van der Waals surface area contributed by atoms with Gasteiger partial charge in [0.25, 0.3) is 0 Å². The van der Waals surface area contributed by atoms with E-state index in [0.717, 1.165) is 37.2 Å². The van der Waals surface area contributed by atoms with Crippen LogP contribution in [-0.2, 0) is 12.8 Å². The summed E-state index contributed by atoms with van der Waals surface area (Å²) in [6.45, 7) is 2.09. The Hall–Kier alpha value is -3.35. The third-order valence-electron chi connectivity index (χ3n) is 7.08. The first-order chi connectivity index (χ1) is 16.3. The van der Waals surface area contributed by atoms with Crippen LogP contribution in [0.3, 0.4) is 0 Å². The Bertz CT molecular complexity index is 1350. The molecule has 4 aromatic rings. The number of benzene rings is 3. The predicted octanol–water partition coefficient (Wildman–Crippen LogP) is 7.71. The van der Waals surface area contributed by atoms with Crippen molar-refractivity contribution in [2.45, 2.75) is 32.1 Å². The summed E-state index contributed by atoms with van der Waals surface area (Å²) in [5, 5.41) is 10.3. The molecule has 1 saturated heterocycles. The number of nitriles is 1. The number of nitrogens with zero attached hydrogens (tertiary/aromatic N) is 2. The van der Waals surface area contributed by atoms with E-state index in [1.165, 1.54) is 62.4 Å². The highest BCUT2D eigenvalue weighted by Gasteiger charge is 2.27. The first-order valence-corrected chi connectivity index (χ1v) is 12.7. The van der Waals surface area contributed by atoms with Crippen LogP contribution in [0.5, 0.6) is 0 Å². The molecule has 1 aromatic heterocycles. The summed E-state index contributed by atoms with van der Waals surface area (Å²) in [6, 6.07) is 28.8. The monoisotopic (exact) mass is 446 g/mol. The van der Waals surface area contributed by atoms with Crippen LogP contribution in [-0.4, -0.2) is 13.1 Å². The van der Waals surface area contributed by atoms with Crippen LogP contribution in [0.2, 0.25) is 0 Å². The Kier molecular flexibility index (Phi) is 5.24. The molecule has 0 amide bonds. The molecule has 162 valence electrons. The van der Waals surface area contributed by atoms with Crippen LogP contribution in [0.25, 0.3) is 32.0 Å². The number of thiophene rings is 1. The molecule has 0 unspecified atom stereocenters. The highest BCUT2D eigenvalue weighted by Crippen LogP contribution is 2.48. The molecule has 1 aliphatic carbocycles. The Balaban J connectivity index is 1.59. The van der Waals surface area contributed by atoms with E-state index in [-0.39, 0.29) is 0 Å². The Morgan fingerprint density at radius 3 is 2.33 bits per heavy atom. The zero-order valence-electron chi connectivity index (χ0n) is 18.7. The van der Waals surface area contributed by atoms with Crippen molar-refractivity contribution in [2.75, 3.05) is 18.0 Å². The Labute approximate surface area is 199 Å². The molecule has 0 N–H and O–H groups in total. The van der Waals surface area contributed by atoms with Gasteiger partial charge in [-0.1, -0.05) is 54.6 Å². The van der Waals surface area contributed by atoms with Crippen LogP contribution >= 0.6 is 11.3 Å².